The van der Waals surface area contributed by atoms with Gasteiger partial charge >= 0.3 is 0 Å². The Morgan fingerprint density at radius 2 is 0.422 bits per heavy atom. The molecule has 0 spiro atoms. The van der Waals surface area contributed by atoms with Crippen LogP contribution in [0.15, 0.2) is 194 Å². The number of hydrogen-bond acceptors (Lipinski definition) is 0. The van der Waals surface area contributed by atoms with Gasteiger partial charge in [0.25, 0.3) is 0 Å². The van der Waals surface area contributed by atoms with Crippen LogP contribution in [-0.4, -0.2) is 0 Å². The highest BCUT2D eigenvalue weighted by Gasteiger charge is 2.27. The Bertz CT molecular complexity index is 4510. The summed E-state index contributed by atoms with van der Waals surface area (Å²) in [5.41, 5.74) is 5.04. The number of rotatable bonds is 2. The van der Waals surface area contributed by atoms with Crippen molar-refractivity contribution in [3.05, 3.63) is 194 Å². The van der Waals surface area contributed by atoms with Crippen molar-refractivity contribution >= 4 is 151 Å². The van der Waals surface area contributed by atoms with E-state index in [1.807, 2.05) is 0 Å². The molecule has 17 rings (SSSR count). The lowest BCUT2D eigenvalue weighted by molar-refractivity contribution is 1.66. The number of fused-ring (bicyclic) bond motifs is 16. The first-order valence-electron chi connectivity index (χ1n) is 22.6. The summed E-state index contributed by atoms with van der Waals surface area (Å²) >= 11 is 0. The molecule has 0 nitrogen and oxygen atoms in total. The van der Waals surface area contributed by atoms with Gasteiger partial charge in [-0.05, 0) is 209 Å². The predicted molar refractivity (Wildman–Crippen MR) is 278 cm³/mol. The lowest BCUT2D eigenvalue weighted by Gasteiger charge is -2.15. The van der Waals surface area contributed by atoms with Gasteiger partial charge in [0.1, 0.15) is 0 Å². The molecule has 64 heavy (non-hydrogen) atoms. The molecule has 288 valence electrons. The summed E-state index contributed by atoms with van der Waals surface area (Å²) in [6, 6.07) is 74.2. The maximum absolute atomic E-state index is 2.50. The third-order valence-electron chi connectivity index (χ3n) is 15.7. The molecule has 0 fully saturated rings. The molecule has 0 amide bonds. The number of hydrogen-bond donors (Lipinski definition) is 0. The Morgan fingerprint density at radius 1 is 0.141 bits per heavy atom. The van der Waals surface area contributed by atoms with Gasteiger partial charge in [-0.2, -0.15) is 0 Å². The second-order valence-electron chi connectivity index (χ2n) is 18.6. The third-order valence-corrected chi connectivity index (χ3v) is 15.7. The summed E-state index contributed by atoms with van der Waals surface area (Å²) in [5, 5.41) is 38.1. The molecule has 0 aromatic heterocycles. The van der Waals surface area contributed by atoms with Crippen LogP contribution in [0.5, 0.6) is 0 Å². The quantitative estimate of drug-likeness (QED) is 0.121. The van der Waals surface area contributed by atoms with Crippen molar-refractivity contribution < 1.29 is 0 Å². The molecular weight excluding hydrogens is 769 g/mol. The molecule has 0 heteroatoms. The maximum Gasteiger partial charge on any atom is -0.000784 e. The van der Waals surface area contributed by atoms with Crippen molar-refractivity contribution in [3.63, 3.8) is 0 Å². The van der Waals surface area contributed by atoms with E-state index in [2.05, 4.69) is 194 Å². The highest BCUT2D eigenvalue weighted by atomic mass is 14.3. The molecule has 0 radical (unpaired) electrons. The van der Waals surface area contributed by atoms with E-state index in [1.165, 1.54) is 173 Å². The predicted octanol–water partition coefficient (Wildman–Crippen LogP) is 18.4. The van der Waals surface area contributed by atoms with Crippen molar-refractivity contribution in [1.29, 1.82) is 0 Å². The van der Waals surface area contributed by atoms with Crippen LogP contribution in [0.1, 0.15) is 0 Å². The lowest BCUT2D eigenvalue weighted by atomic mass is 9.88. The summed E-state index contributed by atoms with van der Waals surface area (Å²) in [7, 11) is 0. The Kier molecular flexibility index (Phi) is 5.57. The van der Waals surface area contributed by atoms with E-state index in [1.54, 1.807) is 0 Å². The van der Waals surface area contributed by atoms with E-state index < -0.39 is 0 Å². The van der Waals surface area contributed by atoms with Gasteiger partial charge in [0.15, 0.2) is 0 Å². The molecule has 0 aliphatic carbocycles. The zero-order valence-corrected chi connectivity index (χ0v) is 34.5. The summed E-state index contributed by atoms with van der Waals surface area (Å²) in [6.45, 7) is 0. The average Bonchev–Trinajstić information content (AvgIpc) is 4.08. The molecule has 17 aromatic rings. The highest BCUT2D eigenvalue weighted by molar-refractivity contribution is 6.52. The van der Waals surface area contributed by atoms with Gasteiger partial charge in [0.2, 0.25) is 0 Å². The molecule has 0 bridgehead atoms. The summed E-state index contributed by atoms with van der Waals surface area (Å²) < 4.78 is 0. The fourth-order valence-corrected chi connectivity index (χ4v) is 13.3. The highest BCUT2D eigenvalue weighted by Crippen LogP contribution is 2.55. The fourth-order valence-electron chi connectivity index (χ4n) is 13.3. The molecule has 0 N–H and O–H groups in total. The van der Waals surface area contributed by atoms with E-state index in [0.717, 1.165) is 0 Å². The molecule has 17 aromatic carbocycles. The van der Waals surface area contributed by atoms with Gasteiger partial charge in [0.05, 0.1) is 0 Å². The summed E-state index contributed by atoms with van der Waals surface area (Å²) in [6.07, 6.45) is 0. The zero-order chi connectivity index (χ0) is 41.1. The second-order valence-corrected chi connectivity index (χ2v) is 18.6. The van der Waals surface area contributed by atoms with Gasteiger partial charge in [-0.15, -0.1) is 0 Å². The third kappa shape index (κ3) is 3.66. The van der Waals surface area contributed by atoms with E-state index >= 15 is 0 Å². The van der Waals surface area contributed by atoms with Crippen molar-refractivity contribution in [1.82, 2.24) is 0 Å². The Labute approximate surface area is 365 Å². The zero-order valence-electron chi connectivity index (χ0n) is 34.5. The van der Waals surface area contributed by atoms with Crippen LogP contribution >= 0.6 is 0 Å². The minimum atomic E-state index is 1.25. The summed E-state index contributed by atoms with van der Waals surface area (Å²) in [4.78, 5) is 0. The van der Waals surface area contributed by atoms with E-state index in [-0.39, 0.29) is 0 Å². The Balaban J connectivity index is 1.01. The second kappa shape index (κ2) is 11.0. The van der Waals surface area contributed by atoms with Crippen LogP contribution in [0.2, 0.25) is 0 Å². The van der Waals surface area contributed by atoms with Crippen LogP contribution in [-0.2, 0) is 0 Å². The van der Waals surface area contributed by atoms with Crippen LogP contribution < -0.4 is 0 Å². The van der Waals surface area contributed by atoms with Crippen LogP contribution in [0.4, 0.5) is 0 Å². The molecule has 0 saturated heterocycles. The first-order chi connectivity index (χ1) is 31.8. The molecule has 0 aliphatic heterocycles. The van der Waals surface area contributed by atoms with Crippen molar-refractivity contribution in [2.45, 2.75) is 0 Å². The Morgan fingerprint density at radius 3 is 0.828 bits per heavy atom. The molecule has 0 aliphatic rings. The number of benzene rings is 13. The van der Waals surface area contributed by atoms with Crippen LogP contribution in [0.3, 0.4) is 0 Å². The smallest absolute Gasteiger partial charge is 0.000784 e. The van der Waals surface area contributed by atoms with E-state index in [9.17, 15) is 0 Å². The molecule has 0 saturated carbocycles. The maximum atomic E-state index is 2.50. The largest absolute Gasteiger partial charge is 0.0622 e. The van der Waals surface area contributed by atoms with Crippen molar-refractivity contribution in [3.8, 4) is 22.3 Å². The van der Waals surface area contributed by atoms with Crippen molar-refractivity contribution in [2.75, 3.05) is 0 Å². The van der Waals surface area contributed by atoms with Gasteiger partial charge in [-0.1, -0.05) is 158 Å². The van der Waals surface area contributed by atoms with Gasteiger partial charge in [-0.25, -0.2) is 0 Å². The molecule has 0 unspecified atom stereocenters. The van der Waals surface area contributed by atoms with Gasteiger partial charge in [-0.3, -0.25) is 0 Å². The minimum absolute atomic E-state index is 1.25. The van der Waals surface area contributed by atoms with Gasteiger partial charge < -0.3 is 0 Å². The first kappa shape index (κ1) is 32.4. The summed E-state index contributed by atoms with van der Waals surface area (Å²) in [5.74, 6) is 0. The lowest BCUT2D eigenvalue weighted by Crippen LogP contribution is -1.87. The Hall–Kier alpha value is -8.32. The normalized spacial score (nSPS) is 13.0. The molecular formula is C64H32. The van der Waals surface area contributed by atoms with E-state index in [4.69, 9.17) is 0 Å². The van der Waals surface area contributed by atoms with Gasteiger partial charge in [0, 0.05) is 0 Å². The molecule has 0 atom stereocenters. The minimum Gasteiger partial charge on any atom is -0.0622 e. The topological polar surface area (TPSA) is 0 Å². The first-order valence-corrected chi connectivity index (χ1v) is 22.6. The van der Waals surface area contributed by atoms with Crippen molar-refractivity contribution in [2.24, 2.45) is 0 Å². The average molecular weight is 801 g/mol. The van der Waals surface area contributed by atoms with Crippen LogP contribution in [0.25, 0.3) is 173 Å². The molecule has 0 heterocycles. The standard InChI is InChI=1S/C64H32/c1-3-11-33(12-4-1)35-27-37-31-53-47-21-19-43-46-24-26-50-60-48(54-32-38-28-36(34-13-5-2-6-14-34)30-52-40-16-8-10-18-42(40)64(56(38)52)62(50)54)22-20-44(58(46)60)45-23-25-49(59(47)57(43)45)61(53)63-41-17-9-7-15-39(41)51(29-35)55(37)63/h1-32H. The van der Waals surface area contributed by atoms with Crippen LogP contribution in [0, 0.1) is 0 Å². The van der Waals surface area contributed by atoms with E-state index in [0.29, 0.717) is 0 Å². The fraction of sp³-hybridized carbons (Fsp3) is 0. The SMILES string of the molecule is c1ccc(-c2cc3cc4c5ccc6c7ccc8c9c(ccc(c%10ccc(c5c6%10)c4c4c5ccccc5c(c2)c34)c79)c2cc3cc(-c4ccccc4)cc4c5ccccc5c(c34)c28)cc1. The monoisotopic (exact) mass is 800 g/mol.